The number of fused-ring (bicyclic) bond motifs is 1. The maximum atomic E-state index is 12.3. The van der Waals surface area contributed by atoms with Crippen LogP contribution >= 0.6 is 35.1 Å². The Labute approximate surface area is 186 Å². The van der Waals surface area contributed by atoms with Crippen molar-refractivity contribution in [2.24, 2.45) is 0 Å². The number of hydrogen-bond donors (Lipinski definition) is 1. The molecule has 0 fully saturated rings. The number of carbonyl (C=O) groups excluding carboxylic acids is 2. The predicted molar refractivity (Wildman–Crippen MR) is 123 cm³/mol. The molecule has 9 heteroatoms. The van der Waals surface area contributed by atoms with Crippen LogP contribution in [0.25, 0.3) is 32.0 Å². The van der Waals surface area contributed by atoms with Gasteiger partial charge in [-0.25, -0.2) is 9.97 Å². The third-order valence-corrected chi connectivity index (χ3v) is 6.42. The highest BCUT2D eigenvalue weighted by Crippen LogP contribution is 2.41. The standard InChI is InChI=1S/C21H14N4O2S2.ClH/c1-25(14-10-16(26)22-20(14)27)19-17-13(15-8-5-9-28-15)11-29-21(17)24-18(23-19)12-6-3-2-4-7-12;/h2-11H,1H3,(H,22,26,27);1H. The lowest BCUT2D eigenvalue weighted by Gasteiger charge is -2.20. The first-order chi connectivity index (χ1) is 14.1. The second-order valence-corrected chi connectivity index (χ2v) is 8.26. The van der Waals surface area contributed by atoms with Crippen molar-refractivity contribution < 1.29 is 9.59 Å². The summed E-state index contributed by atoms with van der Waals surface area (Å²) in [5.41, 5.74) is 2.17. The molecule has 0 unspecified atom stereocenters. The minimum atomic E-state index is -0.432. The number of halogens is 1. The number of likely N-dealkylation sites (N-methyl/N-ethyl adjacent to an activating group) is 1. The molecular formula is C21H15ClN4O2S2. The van der Waals surface area contributed by atoms with E-state index in [0.717, 1.165) is 26.2 Å². The Hall–Kier alpha value is -3.07. The average Bonchev–Trinajstić information content (AvgIpc) is 3.46. The predicted octanol–water partition coefficient (Wildman–Crippen LogP) is 4.49. The number of amides is 2. The number of benzene rings is 1. The first-order valence-electron chi connectivity index (χ1n) is 8.81. The van der Waals surface area contributed by atoms with Crippen LogP contribution in [0.2, 0.25) is 0 Å². The van der Waals surface area contributed by atoms with Crippen molar-refractivity contribution in [2.45, 2.75) is 0 Å². The van der Waals surface area contributed by atoms with Crippen molar-refractivity contribution in [1.29, 1.82) is 0 Å². The Balaban J connectivity index is 0.00000218. The summed E-state index contributed by atoms with van der Waals surface area (Å²) in [5.74, 6) is 0.312. The molecule has 1 aromatic carbocycles. The number of anilines is 1. The molecule has 3 aromatic heterocycles. The summed E-state index contributed by atoms with van der Waals surface area (Å²) in [5, 5.41) is 7.25. The summed E-state index contributed by atoms with van der Waals surface area (Å²) in [6.45, 7) is 0. The fraction of sp³-hybridized carbons (Fsp3) is 0.0476. The zero-order chi connectivity index (χ0) is 20.0. The van der Waals surface area contributed by atoms with Gasteiger partial charge in [0.2, 0.25) is 0 Å². The van der Waals surface area contributed by atoms with Crippen molar-refractivity contribution in [2.75, 3.05) is 11.9 Å². The number of nitrogens with zero attached hydrogens (tertiary/aromatic N) is 3. The number of hydrogen-bond acceptors (Lipinski definition) is 7. The summed E-state index contributed by atoms with van der Waals surface area (Å²) in [7, 11) is 1.75. The molecule has 5 rings (SSSR count). The molecule has 0 aliphatic carbocycles. The highest BCUT2D eigenvalue weighted by molar-refractivity contribution is 7.18. The molecule has 0 radical (unpaired) electrons. The second-order valence-electron chi connectivity index (χ2n) is 6.45. The van der Waals surface area contributed by atoms with Gasteiger partial charge < -0.3 is 4.90 Å². The van der Waals surface area contributed by atoms with Gasteiger partial charge >= 0.3 is 0 Å². The SMILES string of the molecule is CN(C1=CC(=O)NC1=O)c1nc(-c2ccccc2)nc2scc(-c3cccs3)c12.Cl. The van der Waals surface area contributed by atoms with Gasteiger partial charge in [-0.3, -0.25) is 14.9 Å². The van der Waals surface area contributed by atoms with E-state index in [1.54, 1.807) is 23.3 Å². The van der Waals surface area contributed by atoms with E-state index in [2.05, 4.69) is 10.7 Å². The number of nitrogens with one attached hydrogen (secondary N) is 1. The van der Waals surface area contributed by atoms with Crippen LogP contribution in [0.15, 0.2) is 65.0 Å². The van der Waals surface area contributed by atoms with Crippen LogP contribution in [0.3, 0.4) is 0 Å². The van der Waals surface area contributed by atoms with Gasteiger partial charge in [-0.1, -0.05) is 36.4 Å². The zero-order valence-corrected chi connectivity index (χ0v) is 18.1. The molecule has 0 spiro atoms. The van der Waals surface area contributed by atoms with Crippen molar-refractivity contribution in [3.05, 3.63) is 65.0 Å². The molecule has 150 valence electrons. The van der Waals surface area contributed by atoms with Crippen molar-refractivity contribution in [3.63, 3.8) is 0 Å². The van der Waals surface area contributed by atoms with Crippen LogP contribution in [0.5, 0.6) is 0 Å². The van der Waals surface area contributed by atoms with Crippen LogP contribution in [-0.4, -0.2) is 28.8 Å². The molecular weight excluding hydrogens is 440 g/mol. The lowest BCUT2D eigenvalue weighted by Crippen LogP contribution is -2.29. The fourth-order valence-electron chi connectivity index (χ4n) is 3.26. The van der Waals surface area contributed by atoms with Gasteiger partial charge in [-0.05, 0) is 11.4 Å². The van der Waals surface area contributed by atoms with Gasteiger partial charge in [0.05, 0.1) is 5.39 Å². The van der Waals surface area contributed by atoms with E-state index in [-0.39, 0.29) is 18.1 Å². The third kappa shape index (κ3) is 3.39. The maximum absolute atomic E-state index is 12.3. The quantitative estimate of drug-likeness (QED) is 0.460. The van der Waals surface area contributed by atoms with E-state index in [1.807, 2.05) is 47.8 Å². The number of rotatable bonds is 4. The van der Waals surface area contributed by atoms with Crippen LogP contribution < -0.4 is 10.2 Å². The van der Waals surface area contributed by atoms with Crippen molar-refractivity contribution >= 4 is 62.9 Å². The van der Waals surface area contributed by atoms with Gasteiger partial charge in [0.25, 0.3) is 11.8 Å². The molecule has 0 saturated heterocycles. The number of aromatic nitrogens is 2. The van der Waals surface area contributed by atoms with E-state index in [1.165, 1.54) is 17.4 Å². The van der Waals surface area contributed by atoms with E-state index in [4.69, 9.17) is 9.97 Å². The largest absolute Gasteiger partial charge is 0.324 e. The lowest BCUT2D eigenvalue weighted by molar-refractivity contribution is -0.123. The molecule has 0 saturated carbocycles. The highest BCUT2D eigenvalue weighted by Gasteiger charge is 2.28. The smallest absolute Gasteiger partial charge is 0.274 e. The van der Waals surface area contributed by atoms with E-state index in [9.17, 15) is 9.59 Å². The minimum Gasteiger partial charge on any atom is -0.324 e. The van der Waals surface area contributed by atoms with Gasteiger partial charge in [-0.2, -0.15) is 0 Å². The topological polar surface area (TPSA) is 75.2 Å². The summed E-state index contributed by atoms with van der Waals surface area (Å²) in [6, 6.07) is 13.7. The number of imide groups is 1. The molecule has 4 aromatic rings. The van der Waals surface area contributed by atoms with Gasteiger partial charge in [0, 0.05) is 34.5 Å². The Bertz CT molecular complexity index is 1280. The van der Waals surface area contributed by atoms with Gasteiger partial charge in [0.15, 0.2) is 5.82 Å². The molecule has 6 nitrogen and oxygen atoms in total. The first kappa shape index (κ1) is 20.2. The summed E-state index contributed by atoms with van der Waals surface area (Å²) in [4.78, 5) is 37.1. The van der Waals surface area contributed by atoms with E-state index < -0.39 is 11.8 Å². The molecule has 1 aliphatic heterocycles. The molecule has 4 heterocycles. The first-order valence-corrected chi connectivity index (χ1v) is 10.6. The lowest BCUT2D eigenvalue weighted by atomic mass is 10.1. The highest BCUT2D eigenvalue weighted by atomic mass is 35.5. The molecule has 1 aliphatic rings. The Morgan fingerprint density at radius 1 is 1.00 bits per heavy atom. The summed E-state index contributed by atoms with van der Waals surface area (Å²) >= 11 is 3.17. The monoisotopic (exact) mass is 454 g/mol. The van der Waals surface area contributed by atoms with Crippen molar-refractivity contribution in [3.8, 4) is 21.8 Å². The van der Waals surface area contributed by atoms with Gasteiger partial charge in [0.1, 0.15) is 16.3 Å². The molecule has 0 atom stereocenters. The summed E-state index contributed by atoms with van der Waals surface area (Å²) < 4.78 is 0. The molecule has 30 heavy (non-hydrogen) atoms. The van der Waals surface area contributed by atoms with Crippen molar-refractivity contribution in [1.82, 2.24) is 15.3 Å². The Kier molecular flexibility index (Phi) is 5.38. The summed E-state index contributed by atoms with van der Waals surface area (Å²) in [6.07, 6.45) is 1.30. The zero-order valence-electron chi connectivity index (χ0n) is 15.7. The van der Waals surface area contributed by atoms with Gasteiger partial charge in [-0.15, -0.1) is 35.1 Å². The number of carbonyl (C=O) groups is 2. The third-order valence-electron chi connectivity index (χ3n) is 4.65. The van der Waals surface area contributed by atoms with Crippen LogP contribution in [-0.2, 0) is 9.59 Å². The fourth-order valence-corrected chi connectivity index (χ4v) is 5.02. The maximum Gasteiger partial charge on any atom is 0.274 e. The molecule has 0 bridgehead atoms. The second kappa shape index (κ2) is 7.98. The van der Waals surface area contributed by atoms with Crippen LogP contribution in [0, 0.1) is 0 Å². The minimum absolute atomic E-state index is 0. The number of thiophene rings is 2. The average molecular weight is 455 g/mol. The van der Waals surface area contributed by atoms with E-state index >= 15 is 0 Å². The Morgan fingerprint density at radius 3 is 2.47 bits per heavy atom. The molecule has 1 N–H and O–H groups in total. The normalized spacial score (nSPS) is 13.2. The van der Waals surface area contributed by atoms with Crippen LogP contribution in [0.4, 0.5) is 5.82 Å². The van der Waals surface area contributed by atoms with Crippen LogP contribution in [0.1, 0.15) is 0 Å². The molecule has 2 amide bonds. The Morgan fingerprint density at radius 2 is 1.80 bits per heavy atom. The van der Waals surface area contributed by atoms with E-state index in [0.29, 0.717) is 11.6 Å².